The number of hydrogen-bond acceptors (Lipinski definition) is 3. The van der Waals surface area contributed by atoms with Crippen molar-refractivity contribution in [3.05, 3.63) is 23.2 Å². The van der Waals surface area contributed by atoms with Gasteiger partial charge in [-0.25, -0.2) is 4.98 Å². The van der Waals surface area contributed by atoms with Gasteiger partial charge in [0.05, 0.1) is 17.1 Å². The second-order valence-corrected chi connectivity index (χ2v) is 5.46. The van der Waals surface area contributed by atoms with Crippen LogP contribution in [0.1, 0.15) is 20.3 Å². The summed E-state index contributed by atoms with van der Waals surface area (Å²) in [5.41, 5.74) is 7.56. The number of anilines is 1. The molecule has 0 saturated carbocycles. The van der Waals surface area contributed by atoms with Crippen LogP contribution in [0.25, 0.3) is 11.0 Å². The average molecular weight is 331 g/mol. The molecule has 7 heteroatoms. The highest BCUT2D eigenvalue weighted by atomic mass is 35.5. The van der Waals surface area contributed by atoms with E-state index >= 15 is 0 Å². The second kappa shape index (κ2) is 7.11. The van der Waals surface area contributed by atoms with Gasteiger partial charge in [0.1, 0.15) is 0 Å². The van der Waals surface area contributed by atoms with Gasteiger partial charge in [-0.15, -0.1) is 12.4 Å². The van der Waals surface area contributed by atoms with E-state index in [4.69, 9.17) is 17.3 Å². The van der Waals surface area contributed by atoms with E-state index < -0.39 is 6.04 Å². The maximum Gasteiger partial charge on any atom is 0.243 e. The molecule has 0 aliphatic rings. The lowest BCUT2D eigenvalue weighted by Crippen LogP contribution is -2.41. The maximum absolute atomic E-state index is 12.1. The van der Waals surface area contributed by atoms with E-state index in [1.165, 1.54) is 0 Å². The number of rotatable bonds is 4. The van der Waals surface area contributed by atoms with Crippen molar-refractivity contribution in [3.8, 4) is 0 Å². The first-order valence-corrected chi connectivity index (χ1v) is 7.00. The summed E-state index contributed by atoms with van der Waals surface area (Å²) in [6.45, 7) is 3.97. The van der Waals surface area contributed by atoms with E-state index in [1.807, 2.05) is 31.5 Å². The Labute approximate surface area is 135 Å². The number of amides is 1. The molecule has 0 bridgehead atoms. The number of hydrogen-bond donors (Lipinski definition) is 2. The lowest BCUT2D eigenvalue weighted by atomic mass is 10.00. The smallest absolute Gasteiger partial charge is 0.243 e. The zero-order chi connectivity index (χ0) is 14.9. The maximum atomic E-state index is 12.1. The van der Waals surface area contributed by atoms with Gasteiger partial charge in [0.15, 0.2) is 0 Å². The van der Waals surface area contributed by atoms with E-state index in [0.29, 0.717) is 11.0 Å². The summed E-state index contributed by atoms with van der Waals surface area (Å²) in [6.07, 6.45) is 0.854. The van der Waals surface area contributed by atoms with Crippen molar-refractivity contribution in [1.29, 1.82) is 0 Å². The Bertz CT molecular complexity index is 641. The van der Waals surface area contributed by atoms with E-state index in [2.05, 4.69) is 10.3 Å². The number of nitrogens with two attached hydrogens (primary N) is 1. The molecule has 2 atom stereocenters. The second-order valence-electron chi connectivity index (χ2n) is 5.03. The molecule has 1 aromatic carbocycles. The number of carbonyl (C=O) groups is 1. The molecule has 21 heavy (non-hydrogen) atoms. The zero-order valence-electron chi connectivity index (χ0n) is 12.3. The summed E-state index contributed by atoms with van der Waals surface area (Å²) in [6, 6.07) is 4.89. The van der Waals surface area contributed by atoms with Crippen molar-refractivity contribution in [2.75, 3.05) is 5.32 Å². The molecule has 0 saturated heterocycles. The minimum absolute atomic E-state index is 0. The zero-order valence-corrected chi connectivity index (χ0v) is 13.8. The summed E-state index contributed by atoms with van der Waals surface area (Å²) in [4.78, 5) is 16.5. The molecule has 0 radical (unpaired) electrons. The number of fused-ring (bicyclic) bond motifs is 1. The normalized spacial score (nSPS) is 13.6. The molecule has 1 amide bonds. The Morgan fingerprint density at radius 3 is 2.81 bits per heavy atom. The van der Waals surface area contributed by atoms with Gasteiger partial charge in [-0.3, -0.25) is 10.1 Å². The van der Waals surface area contributed by atoms with E-state index in [-0.39, 0.29) is 24.2 Å². The lowest BCUT2D eigenvalue weighted by Gasteiger charge is -2.17. The van der Waals surface area contributed by atoms with Crippen molar-refractivity contribution in [2.45, 2.75) is 26.3 Å². The highest BCUT2D eigenvalue weighted by molar-refractivity contribution is 6.31. The SMILES string of the molecule is CCC(C)C(N)C(=O)Nc1nc2cc(Cl)ccc2n1C.Cl. The molecule has 0 fully saturated rings. The van der Waals surface area contributed by atoms with Gasteiger partial charge in [0, 0.05) is 12.1 Å². The number of aromatic nitrogens is 2. The topological polar surface area (TPSA) is 72.9 Å². The van der Waals surface area contributed by atoms with E-state index in [1.54, 1.807) is 12.1 Å². The van der Waals surface area contributed by atoms with Crippen molar-refractivity contribution >= 4 is 46.9 Å². The molecule has 2 rings (SSSR count). The fourth-order valence-corrected chi connectivity index (χ4v) is 2.16. The lowest BCUT2D eigenvalue weighted by molar-refractivity contribution is -0.118. The van der Waals surface area contributed by atoms with Gasteiger partial charge in [0.2, 0.25) is 11.9 Å². The van der Waals surface area contributed by atoms with E-state index in [9.17, 15) is 4.79 Å². The summed E-state index contributed by atoms with van der Waals surface area (Å²) in [5.74, 6) is 0.383. The van der Waals surface area contributed by atoms with Crippen LogP contribution in [0.2, 0.25) is 5.02 Å². The summed E-state index contributed by atoms with van der Waals surface area (Å²) in [5, 5.41) is 3.39. The standard InChI is InChI=1S/C14H19ClN4O.ClH/c1-4-8(2)12(16)13(20)18-14-17-10-7-9(15)5-6-11(10)19(14)3;/h5-8,12H,4,16H2,1-3H3,(H,17,18,20);1H. The first-order valence-electron chi connectivity index (χ1n) is 6.62. The highest BCUT2D eigenvalue weighted by Crippen LogP contribution is 2.22. The first kappa shape index (κ1) is 17.8. The molecule has 5 nitrogen and oxygen atoms in total. The van der Waals surface area contributed by atoms with Crippen LogP contribution < -0.4 is 11.1 Å². The quantitative estimate of drug-likeness (QED) is 0.905. The number of imidazole rings is 1. The van der Waals surface area contributed by atoms with Crippen LogP contribution in [0.5, 0.6) is 0 Å². The first-order chi connectivity index (χ1) is 9.43. The fourth-order valence-electron chi connectivity index (χ4n) is 1.99. The Balaban J connectivity index is 0.00000220. The summed E-state index contributed by atoms with van der Waals surface area (Å²) in [7, 11) is 1.84. The Morgan fingerprint density at radius 1 is 1.52 bits per heavy atom. The van der Waals surface area contributed by atoms with Gasteiger partial charge in [-0.2, -0.15) is 0 Å². The van der Waals surface area contributed by atoms with Crippen molar-refractivity contribution in [1.82, 2.24) is 9.55 Å². The third-order valence-corrected chi connectivity index (χ3v) is 3.87. The predicted octanol–water partition coefficient (Wildman–Crippen LogP) is 2.96. The number of halogens is 2. The molecular weight excluding hydrogens is 311 g/mol. The van der Waals surface area contributed by atoms with Crippen LogP contribution >= 0.6 is 24.0 Å². The molecule has 2 unspecified atom stereocenters. The minimum Gasteiger partial charge on any atom is -0.320 e. The molecule has 1 heterocycles. The largest absolute Gasteiger partial charge is 0.320 e. The monoisotopic (exact) mass is 330 g/mol. The van der Waals surface area contributed by atoms with Crippen LogP contribution in [-0.4, -0.2) is 21.5 Å². The van der Waals surface area contributed by atoms with Gasteiger partial charge in [-0.05, 0) is 24.1 Å². The molecule has 1 aromatic heterocycles. The third kappa shape index (κ3) is 3.67. The van der Waals surface area contributed by atoms with Gasteiger partial charge >= 0.3 is 0 Å². The van der Waals surface area contributed by atoms with Gasteiger partial charge in [-0.1, -0.05) is 31.9 Å². The van der Waals surface area contributed by atoms with E-state index in [0.717, 1.165) is 17.5 Å². The van der Waals surface area contributed by atoms with Crippen LogP contribution in [0, 0.1) is 5.92 Å². The van der Waals surface area contributed by atoms with Crippen LogP contribution in [-0.2, 0) is 11.8 Å². The number of aryl methyl sites for hydroxylation is 1. The van der Waals surface area contributed by atoms with Gasteiger partial charge in [0.25, 0.3) is 0 Å². The van der Waals surface area contributed by atoms with Crippen molar-refractivity contribution in [3.63, 3.8) is 0 Å². The minimum atomic E-state index is -0.539. The summed E-state index contributed by atoms with van der Waals surface area (Å²) >= 11 is 5.94. The Kier molecular flexibility index (Phi) is 6.01. The third-order valence-electron chi connectivity index (χ3n) is 3.64. The molecule has 0 spiro atoms. The number of benzene rings is 1. The number of carbonyl (C=O) groups excluding carboxylic acids is 1. The van der Waals surface area contributed by atoms with Crippen molar-refractivity contribution in [2.24, 2.45) is 18.7 Å². The van der Waals surface area contributed by atoms with Crippen molar-refractivity contribution < 1.29 is 4.79 Å². The fraction of sp³-hybridized carbons (Fsp3) is 0.429. The summed E-state index contributed by atoms with van der Waals surface area (Å²) < 4.78 is 1.81. The molecule has 116 valence electrons. The number of nitrogens with zero attached hydrogens (tertiary/aromatic N) is 2. The molecular formula is C14H20Cl2N4O. The Morgan fingerprint density at radius 2 is 2.19 bits per heavy atom. The molecule has 3 N–H and O–H groups in total. The molecule has 2 aromatic rings. The molecule has 0 aliphatic heterocycles. The Hall–Kier alpha value is -1.30. The van der Waals surface area contributed by atoms with Gasteiger partial charge < -0.3 is 10.3 Å². The van der Waals surface area contributed by atoms with Crippen LogP contribution in [0.3, 0.4) is 0 Å². The predicted molar refractivity (Wildman–Crippen MR) is 89.0 cm³/mol. The highest BCUT2D eigenvalue weighted by Gasteiger charge is 2.21. The average Bonchev–Trinajstić information content (AvgIpc) is 2.72. The van der Waals surface area contributed by atoms with Crippen LogP contribution in [0.15, 0.2) is 18.2 Å². The number of nitrogens with one attached hydrogen (secondary N) is 1. The van der Waals surface area contributed by atoms with Crippen LogP contribution in [0.4, 0.5) is 5.95 Å². The molecule has 0 aliphatic carbocycles.